The number of carbonyl (C=O) groups is 1. The molecule has 2 N–H and O–H groups in total. The lowest BCUT2D eigenvalue weighted by Crippen LogP contribution is -2.70. The summed E-state index contributed by atoms with van der Waals surface area (Å²) in [5.74, 6) is 1.11. The molecular weight excluding hydrogens is 582 g/mol. The van der Waals surface area contributed by atoms with Crippen LogP contribution in [0.3, 0.4) is 0 Å². The van der Waals surface area contributed by atoms with Crippen molar-refractivity contribution < 1.29 is 28.8 Å². The van der Waals surface area contributed by atoms with Crippen LogP contribution in [0.2, 0.25) is 5.02 Å². The first kappa shape index (κ1) is 30.0. The van der Waals surface area contributed by atoms with Crippen LogP contribution in [0.5, 0.6) is 5.75 Å². The van der Waals surface area contributed by atoms with Gasteiger partial charge >= 0.3 is 0 Å². The molecule has 0 unspecified atom stereocenters. The number of amides is 1. The number of halogens is 1. The molecule has 4 saturated heterocycles. The maximum atomic E-state index is 13.2. The van der Waals surface area contributed by atoms with E-state index in [9.17, 15) is 4.79 Å². The van der Waals surface area contributed by atoms with Crippen LogP contribution in [0.15, 0.2) is 36.4 Å². The summed E-state index contributed by atoms with van der Waals surface area (Å²) in [4.78, 5) is 30.1. The quantitative estimate of drug-likeness (QED) is 0.164. The summed E-state index contributed by atoms with van der Waals surface area (Å²) in [5.41, 5.74) is 2.05. The highest BCUT2D eigenvalue weighted by atomic mass is 35.5. The van der Waals surface area contributed by atoms with Crippen LogP contribution < -0.4 is 15.4 Å². The Morgan fingerprint density at radius 3 is 2.75 bits per heavy atom. The number of fused-ring (bicyclic) bond motifs is 4. The summed E-state index contributed by atoms with van der Waals surface area (Å²) in [6.07, 6.45) is 4.19. The molecule has 5 fully saturated rings. The number of hydrogen-bond donors (Lipinski definition) is 2. The zero-order valence-corrected chi connectivity index (χ0v) is 26.6. The van der Waals surface area contributed by atoms with E-state index in [-0.39, 0.29) is 23.8 Å². The number of aromatic nitrogens is 1. The summed E-state index contributed by atoms with van der Waals surface area (Å²) in [6, 6.07) is 11.6. The standard InChI is InChI=1S/C34H42ClN3O6/c1-19-6-10-26-20(2)29(41-32-34(26)25(19)12-13-33(3,42-32)43-44-34)18-30(39)36-14-5-15-37-31-23-9-7-21(35)16-28(23)38-27-11-8-22(40-4)17-24(27)31/h7-9,11,16-17,19-20,25-26,29,32H,5-6,10,12-15,18H2,1-4H3,(H,36,39)(H,37,38)/t19-,20-,25+,26+,29-,32-,33-,34-/m1/s1. The van der Waals surface area contributed by atoms with Gasteiger partial charge in [0.1, 0.15) is 5.75 Å². The van der Waals surface area contributed by atoms with Crippen LogP contribution in [0.25, 0.3) is 21.8 Å². The molecule has 0 radical (unpaired) electrons. The van der Waals surface area contributed by atoms with Gasteiger partial charge in [-0.3, -0.25) is 4.79 Å². The zero-order valence-electron chi connectivity index (χ0n) is 25.9. The molecule has 10 heteroatoms. The number of ether oxygens (including phenoxy) is 3. The molecule has 1 aliphatic carbocycles. The fraction of sp³-hybridized carbons (Fsp3) is 0.588. The highest BCUT2D eigenvalue weighted by Gasteiger charge is 2.69. The predicted octanol–water partition coefficient (Wildman–Crippen LogP) is 6.61. The van der Waals surface area contributed by atoms with Gasteiger partial charge in [-0.15, -0.1) is 0 Å². The van der Waals surface area contributed by atoms with Gasteiger partial charge in [0.25, 0.3) is 0 Å². The summed E-state index contributed by atoms with van der Waals surface area (Å²) in [6.45, 7) is 7.64. The van der Waals surface area contributed by atoms with Crippen molar-refractivity contribution in [1.29, 1.82) is 0 Å². The Balaban J connectivity index is 0.986. The first-order valence-corrected chi connectivity index (χ1v) is 16.4. The molecule has 3 aromatic rings. The van der Waals surface area contributed by atoms with Crippen molar-refractivity contribution >= 4 is 45.0 Å². The van der Waals surface area contributed by atoms with Gasteiger partial charge in [0, 0.05) is 41.2 Å². The largest absolute Gasteiger partial charge is 0.497 e. The number of anilines is 1. The molecule has 5 aliphatic rings. The maximum absolute atomic E-state index is 13.2. The van der Waals surface area contributed by atoms with E-state index in [2.05, 4.69) is 24.5 Å². The molecule has 4 aliphatic heterocycles. The molecule has 8 atom stereocenters. The number of benzene rings is 2. The van der Waals surface area contributed by atoms with Gasteiger partial charge < -0.3 is 24.8 Å². The van der Waals surface area contributed by atoms with Gasteiger partial charge in [-0.1, -0.05) is 25.4 Å². The third kappa shape index (κ3) is 5.10. The van der Waals surface area contributed by atoms with E-state index >= 15 is 0 Å². The van der Waals surface area contributed by atoms with Gasteiger partial charge in [0.15, 0.2) is 11.9 Å². The minimum Gasteiger partial charge on any atom is -0.497 e. The summed E-state index contributed by atoms with van der Waals surface area (Å²) in [7, 11) is 1.66. The minimum atomic E-state index is -0.819. The van der Waals surface area contributed by atoms with Crippen molar-refractivity contribution in [3.63, 3.8) is 0 Å². The van der Waals surface area contributed by atoms with E-state index in [1.165, 1.54) is 0 Å². The van der Waals surface area contributed by atoms with Crippen molar-refractivity contribution in [2.45, 2.75) is 83.1 Å². The Bertz CT molecular complexity index is 1570. The van der Waals surface area contributed by atoms with Crippen molar-refractivity contribution in [2.24, 2.45) is 23.7 Å². The molecule has 1 aromatic heterocycles. The Kier molecular flexibility index (Phi) is 7.90. The lowest BCUT2D eigenvalue weighted by atomic mass is 9.57. The average molecular weight is 624 g/mol. The SMILES string of the molecule is COc1ccc2nc3cc(Cl)ccc3c(NCCCNC(=O)C[C@H]3O[C@@H]4O[C@@]5(C)CC[C@H]6[C@H](C)CC[C@@H]([C@H]3C)[C@@]46OO5)c2c1. The number of hydrogen-bond acceptors (Lipinski definition) is 8. The molecule has 2 bridgehead atoms. The van der Waals surface area contributed by atoms with Crippen LogP contribution in [0, 0.1) is 23.7 Å². The second-order valence-corrected chi connectivity index (χ2v) is 13.7. The number of nitrogens with one attached hydrogen (secondary N) is 2. The van der Waals surface area contributed by atoms with Crippen LogP contribution in [-0.2, 0) is 24.0 Å². The Hall–Kier alpha value is -2.69. The van der Waals surface area contributed by atoms with E-state index in [0.29, 0.717) is 36.4 Å². The van der Waals surface area contributed by atoms with E-state index < -0.39 is 17.7 Å². The highest BCUT2D eigenvalue weighted by Crippen LogP contribution is 2.60. The molecule has 1 saturated carbocycles. The van der Waals surface area contributed by atoms with Crippen molar-refractivity contribution in [3.8, 4) is 5.75 Å². The maximum Gasteiger partial charge on any atom is 0.222 e. The van der Waals surface area contributed by atoms with E-state index in [0.717, 1.165) is 65.3 Å². The summed E-state index contributed by atoms with van der Waals surface area (Å²) < 4.78 is 18.5. The molecule has 5 heterocycles. The number of methoxy groups -OCH3 is 1. The summed E-state index contributed by atoms with van der Waals surface area (Å²) in [5, 5.41) is 9.31. The summed E-state index contributed by atoms with van der Waals surface area (Å²) >= 11 is 6.27. The third-order valence-electron chi connectivity index (χ3n) is 10.6. The molecule has 1 spiro atoms. The van der Waals surface area contributed by atoms with E-state index in [4.69, 9.17) is 40.6 Å². The molecule has 2 aromatic carbocycles. The van der Waals surface area contributed by atoms with Crippen LogP contribution in [-0.4, -0.2) is 54.9 Å². The van der Waals surface area contributed by atoms with E-state index in [1.54, 1.807) is 7.11 Å². The molecule has 236 valence electrons. The smallest absolute Gasteiger partial charge is 0.222 e. The van der Waals surface area contributed by atoms with Crippen molar-refractivity contribution in [3.05, 3.63) is 41.4 Å². The second-order valence-electron chi connectivity index (χ2n) is 13.3. The Labute approximate surface area is 263 Å². The first-order chi connectivity index (χ1) is 21.2. The van der Waals surface area contributed by atoms with Gasteiger partial charge in [0.05, 0.1) is 36.4 Å². The van der Waals surface area contributed by atoms with Gasteiger partial charge in [0.2, 0.25) is 11.7 Å². The predicted molar refractivity (Wildman–Crippen MR) is 168 cm³/mol. The van der Waals surface area contributed by atoms with Crippen molar-refractivity contribution in [2.75, 3.05) is 25.5 Å². The highest BCUT2D eigenvalue weighted by molar-refractivity contribution is 6.31. The van der Waals surface area contributed by atoms with Gasteiger partial charge in [-0.2, -0.15) is 0 Å². The Morgan fingerprint density at radius 2 is 1.91 bits per heavy atom. The molecule has 1 amide bonds. The third-order valence-corrected chi connectivity index (χ3v) is 10.8. The van der Waals surface area contributed by atoms with Gasteiger partial charge in [-0.05, 0) is 86.8 Å². The van der Waals surface area contributed by atoms with Crippen molar-refractivity contribution in [1.82, 2.24) is 10.3 Å². The van der Waals surface area contributed by atoms with Crippen LogP contribution >= 0.6 is 11.6 Å². The zero-order chi connectivity index (χ0) is 30.6. The lowest BCUT2D eigenvalue weighted by Gasteiger charge is -2.60. The number of carbonyl (C=O) groups excluding carboxylic acids is 1. The van der Waals surface area contributed by atoms with Crippen LogP contribution in [0.1, 0.15) is 59.3 Å². The number of nitrogens with zero attached hydrogens (tertiary/aromatic N) is 1. The number of rotatable bonds is 8. The fourth-order valence-corrected chi connectivity index (χ4v) is 8.38. The molecular formula is C34H42ClN3O6. The minimum absolute atomic E-state index is 0.0140. The number of pyridine rings is 1. The molecule has 44 heavy (non-hydrogen) atoms. The average Bonchev–Trinajstić information content (AvgIpc) is 3.24. The van der Waals surface area contributed by atoms with Gasteiger partial charge in [-0.25, -0.2) is 14.8 Å². The Morgan fingerprint density at radius 1 is 1.05 bits per heavy atom. The fourth-order valence-electron chi connectivity index (χ4n) is 8.21. The molecule has 9 nitrogen and oxygen atoms in total. The first-order valence-electron chi connectivity index (χ1n) is 16.0. The van der Waals surface area contributed by atoms with E-state index in [1.807, 2.05) is 43.3 Å². The normalized spacial score (nSPS) is 34.4. The second kappa shape index (κ2) is 11.6. The lowest BCUT2D eigenvalue weighted by molar-refractivity contribution is -0.570. The monoisotopic (exact) mass is 623 g/mol. The molecule has 8 rings (SSSR count). The van der Waals surface area contributed by atoms with Crippen LogP contribution in [0.4, 0.5) is 5.69 Å². The topological polar surface area (TPSA) is 100 Å².